The Morgan fingerprint density at radius 2 is 2.17 bits per heavy atom. The Morgan fingerprint density at radius 1 is 1.58 bits per heavy atom. The van der Waals surface area contributed by atoms with E-state index in [9.17, 15) is 13.2 Å². The summed E-state index contributed by atoms with van der Waals surface area (Å²) in [6.07, 6.45) is 1.99. The van der Waals surface area contributed by atoms with Crippen molar-refractivity contribution >= 4 is 16.2 Å². The summed E-state index contributed by atoms with van der Waals surface area (Å²) in [6.45, 7) is 2.45. The molecule has 5 heteroatoms. The van der Waals surface area contributed by atoms with Gasteiger partial charge in [-0.1, -0.05) is 0 Å². The van der Waals surface area contributed by atoms with Crippen LogP contribution in [0.5, 0.6) is 0 Å². The van der Waals surface area contributed by atoms with Gasteiger partial charge in [-0.3, -0.25) is 4.79 Å². The van der Waals surface area contributed by atoms with Gasteiger partial charge in [0, 0.05) is 24.8 Å². The summed E-state index contributed by atoms with van der Waals surface area (Å²) >= 11 is 0. The number of carbonyl (C=O) groups excluding carboxylic acids is 1. The van der Waals surface area contributed by atoms with Crippen molar-refractivity contribution in [3.63, 3.8) is 0 Å². The van der Waals surface area contributed by atoms with Gasteiger partial charge in [0.2, 0.25) is 6.41 Å². The molecular weight excluding hydrogens is 178 g/mol. The van der Waals surface area contributed by atoms with E-state index in [1.54, 1.807) is 4.90 Å². The van der Waals surface area contributed by atoms with Crippen molar-refractivity contribution in [3.8, 4) is 0 Å². The molecule has 2 atom stereocenters. The third kappa shape index (κ3) is 1.97. The molecule has 0 bridgehead atoms. The van der Waals surface area contributed by atoms with Gasteiger partial charge >= 0.3 is 0 Å². The Hall–Kier alpha value is -0.580. The zero-order chi connectivity index (χ0) is 9.35. The van der Waals surface area contributed by atoms with Gasteiger partial charge in [0.05, 0.1) is 5.75 Å². The van der Waals surface area contributed by atoms with E-state index >= 15 is 0 Å². The van der Waals surface area contributed by atoms with E-state index in [1.165, 1.54) is 6.26 Å². The number of likely N-dealkylation sites (tertiary alicyclic amines) is 1. The number of hydrogen-bond acceptors (Lipinski definition) is 3. The molecule has 0 radical (unpaired) electrons. The van der Waals surface area contributed by atoms with Crippen molar-refractivity contribution in [2.75, 3.05) is 18.6 Å². The predicted octanol–water partition coefficient (Wildman–Crippen LogP) is -0.492. The molecule has 0 aromatic rings. The first kappa shape index (κ1) is 9.51. The number of sulfone groups is 1. The predicted molar refractivity (Wildman–Crippen MR) is 45.4 cm³/mol. The van der Waals surface area contributed by atoms with Crippen molar-refractivity contribution in [1.82, 2.24) is 4.90 Å². The summed E-state index contributed by atoms with van der Waals surface area (Å²) in [4.78, 5) is 11.9. The lowest BCUT2D eigenvalue weighted by Crippen LogP contribution is -2.55. The van der Waals surface area contributed by atoms with Crippen molar-refractivity contribution in [2.24, 2.45) is 5.92 Å². The van der Waals surface area contributed by atoms with Crippen LogP contribution >= 0.6 is 0 Å². The monoisotopic (exact) mass is 191 g/mol. The van der Waals surface area contributed by atoms with Crippen molar-refractivity contribution in [3.05, 3.63) is 0 Å². The molecule has 0 spiro atoms. The molecule has 1 saturated heterocycles. The number of carbonyl (C=O) groups is 1. The molecule has 0 aromatic heterocycles. The fourth-order valence-corrected chi connectivity index (χ4v) is 2.60. The lowest BCUT2D eigenvalue weighted by atomic mass is 9.93. The van der Waals surface area contributed by atoms with Crippen LogP contribution in [-0.2, 0) is 14.6 Å². The van der Waals surface area contributed by atoms with Crippen LogP contribution in [0.4, 0.5) is 0 Å². The van der Waals surface area contributed by atoms with Gasteiger partial charge in [0.25, 0.3) is 0 Å². The Labute approximate surface area is 72.5 Å². The van der Waals surface area contributed by atoms with Gasteiger partial charge in [0.1, 0.15) is 9.84 Å². The summed E-state index contributed by atoms with van der Waals surface area (Å²) in [5.74, 6) is 0.323. The van der Waals surface area contributed by atoms with Crippen LogP contribution in [-0.4, -0.2) is 44.3 Å². The molecule has 0 saturated carbocycles. The minimum absolute atomic E-state index is 0.0808. The Kier molecular flexibility index (Phi) is 2.41. The molecule has 0 aliphatic carbocycles. The van der Waals surface area contributed by atoms with E-state index in [2.05, 4.69) is 0 Å². The van der Waals surface area contributed by atoms with Crippen LogP contribution in [0.2, 0.25) is 0 Å². The van der Waals surface area contributed by atoms with E-state index in [-0.39, 0.29) is 17.7 Å². The lowest BCUT2D eigenvalue weighted by molar-refractivity contribution is -0.127. The molecule has 1 heterocycles. The van der Waals surface area contributed by atoms with Crippen LogP contribution in [0, 0.1) is 5.92 Å². The van der Waals surface area contributed by atoms with Gasteiger partial charge in [0.15, 0.2) is 0 Å². The number of amides is 1. The summed E-state index contributed by atoms with van der Waals surface area (Å²) in [6, 6.07) is 0.0808. The smallest absolute Gasteiger partial charge is 0.209 e. The average molecular weight is 191 g/mol. The van der Waals surface area contributed by atoms with E-state index in [0.29, 0.717) is 6.54 Å². The van der Waals surface area contributed by atoms with Gasteiger partial charge in [-0.15, -0.1) is 0 Å². The number of nitrogens with zero attached hydrogens (tertiary/aromatic N) is 1. The largest absolute Gasteiger partial charge is 0.342 e. The first-order valence-electron chi connectivity index (χ1n) is 3.83. The summed E-state index contributed by atoms with van der Waals surface area (Å²) in [5.41, 5.74) is 0. The average Bonchev–Trinajstić information content (AvgIpc) is 1.94. The SMILES string of the molecule is C[C@@H]1[C@@H](CS(C)(=O)=O)CN1C=O. The normalized spacial score (nSPS) is 29.7. The highest BCUT2D eigenvalue weighted by molar-refractivity contribution is 7.90. The molecule has 0 unspecified atom stereocenters. The highest BCUT2D eigenvalue weighted by Gasteiger charge is 2.36. The second kappa shape index (κ2) is 3.05. The van der Waals surface area contributed by atoms with Gasteiger partial charge in [-0.2, -0.15) is 0 Å². The number of hydrogen-bond donors (Lipinski definition) is 0. The third-order valence-corrected chi connectivity index (χ3v) is 3.34. The summed E-state index contributed by atoms with van der Waals surface area (Å²) < 4.78 is 21.7. The van der Waals surface area contributed by atoms with E-state index in [1.807, 2.05) is 6.92 Å². The van der Waals surface area contributed by atoms with Gasteiger partial charge in [-0.05, 0) is 6.92 Å². The van der Waals surface area contributed by atoms with Crippen molar-refractivity contribution in [2.45, 2.75) is 13.0 Å². The highest BCUT2D eigenvalue weighted by atomic mass is 32.2. The third-order valence-electron chi connectivity index (χ3n) is 2.30. The van der Waals surface area contributed by atoms with Crippen LogP contribution < -0.4 is 0 Å². The summed E-state index contributed by atoms with van der Waals surface area (Å²) in [5, 5.41) is 0. The first-order chi connectivity index (χ1) is 5.44. The van der Waals surface area contributed by atoms with Gasteiger partial charge < -0.3 is 4.90 Å². The van der Waals surface area contributed by atoms with Crippen molar-refractivity contribution in [1.29, 1.82) is 0 Å². The van der Waals surface area contributed by atoms with E-state index in [0.717, 1.165) is 6.41 Å². The fraction of sp³-hybridized carbons (Fsp3) is 0.857. The second-order valence-corrected chi connectivity index (χ2v) is 5.58. The summed E-state index contributed by atoms with van der Waals surface area (Å²) in [7, 11) is -2.89. The Bertz CT molecular complexity index is 272. The minimum Gasteiger partial charge on any atom is -0.342 e. The zero-order valence-electron chi connectivity index (χ0n) is 7.23. The highest BCUT2D eigenvalue weighted by Crippen LogP contribution is 2.23. The molecule has 4 nitrogen and oxygen atoms in total. The van der Waals surface area contributed by atoms with Crippen LogP contribution in [0.1, 0.15) is 6.92 Å². The molecule has 0 aromatic carbocycles. The Morgan fingerprint density at radius 3 is 2.50 bits per heavy atom. The van der Waals surface area contributed by atoms with Crippen molar-refractivity contribution < 1.29 is 13.2 Å². The molecule has 1 fully saturated rings. The molecular formula is C7H13NO3S. The molecule has 70 valence electrons. The minimum atomic E-state index is -2.89. The number of rotatable bonds is 3. The topological polar surface area (TPSA) is 54.5 Å². The maximum absolute atomic E-state index is 10.9. The van der Waals surface area contributed by atoms with Gasteiger partial charge in [-0.25, -0.2) is 8.42 Å². The fourth-order valence-electron chi connectivity index (χ4n) is 1.44. The standard InChI is InChI=1S/C7H13NO3S/c1-6-7(3-8(6)5-9)4-12(2,10)11/h5-7H,3-4H2,1-2H3/t6-,7-/m1/s1. The molecule has 1 aliphatic heterocycles. The van der Waals surface area contributed by atoms with E-state index in [4.69, 9.17) is 0 Å². The van der Waals surface area contributed by atoms with Crippen LogP contribution in [0.25, 0.3) is 0 Å². The van der Waals surface area contributed by atoms with Crippen LogP contribution in [0.15, 0.2) is 0 Å². The maximum atomic E-state index is 10.9. The van der Waals surface area contributed by atoms with Crippen LogP contribution in [0.3, 0.4) is 0 Å². The molecule has 1 amide bonds. The molecule has 12 heavy (non-hydrogen) atoms. The maximum Gasteiger partial charge on any atom is 0.209 e. The Balaban J connectivity index is 2.46. The first-order valence-corrected chi connectivity index (χ1v) is 5.89. The quantitative estimate of drug-likeness (QED) is 0.565. The van der Waals surface area contributed by atoms with E-state index < -0.39 is 9.84 Å². The zero-order valence-corrected chi connectivity index (χ0v) is 8.04. The molecule has 1 rings (SSSR count). The lowest BCUT2D eigenvalue weighted by Gasteiger charge is -2.43. The second-order valence-electron chi connectivity index (χ2n) is 3.40. The molecule has 0 N–H and O–H groups in total. The molecule has 1 aliphatic rings.